The summed E-state index contributed by atoms with van der Waals surface area (Å²) in [6.07, 6.45) is 0. The SMILES string of the molecule is COc1cc(C(=O)O)ccc1OCc1cc(Br)cs1. The average molecular weight is 343 g/mol. The Kier molecular flexibility index (Phi) is 4.44. The molecule has 0 atom stereocenters. The largest absolute Gasteiger partial charge is 0.493 e. The second-order valence-electron chi connectivity index (χ2n) is 3.69. The predicted octanol–water partition coefficient (Wildman–Crippen LogP) is 3.80. The van der Waals surface area contributed by atoms with Gasteiger partial charge in [-0.1, -0.05) is 0 Å². The zero-order chi connectivity index (χ0) is 13.8. The zero-order valence-corrected chi connectivity index (χ0v) is 12.5. The molecule has 0 spiro atoms. The van der Waals surface area contributed by atoms with Crippen LogP contribution in [-0.4, -0.2) is 18.2 Å². The van der Waals surface area contributed by atoms with E-state index in [0.717, 1.165) is 9.35 Å². The number of ether oxygens (including phenoxy) is 2. The fourth-order valence-electron chi connectivity index (χ4n) is 1.50. The molecule has 19 heavy (non-hydrogen) atoms. The fraction of sp³-hybridized carbons (Fsp3) is 0.154. The van der Waals surface area contributed by atoms with E-state index in [4.69, 9.17) is 14.6 Å². The van der Waals surface area contributed by atoms with Crippen molar-refractivity contribution in [1.82, 2.24) is 0 Å². The monoisotopic (exact) mass is 342 g/mol. The summed E-state index contributed by atoms with van der Waals surface area (Å²) in [6.45, 7) is 0.416. The maximum atomic E-state index is 10.9. The molecular weight excluding hydrogens is 332 g/mol. The summed E-state index contributed by atoms with van der Waals surface area (Å²) in [5.41, 5.74) is 0.170. The quantitative estimate of drug-likeness (QED) is 0.897. The minimum absolute atomic E-state index is 0.170. The zero-order valence-electron chi connectivity index (χ0n) is 10.1. The summed E-state index contributed by atoms with van der Waals surface area (Å²) in [5.74, 6) is -0.0559. The molecule has 0 aliphatic carbocycles. The number of rotatable bonds is 5. The van der Waals surface area contributed by atoms with Crippen molar-refractivity contribution in [3.05, 3.63) is 44.6 Å². The third kappa shape index (κ3) is 3.48. The van der Waals surface area contributed by atoms with Gasteiger partial charge in [0.15, 0.2) is 11.5 Å². The molecule has 0 amide bonds. The van der Waals surface area contributed by atoms with Crippen LogP contribution in [0.3, 0.4) is 0 Å². The Morgan fingerprint density at radius 1 is 1.37 bits per heavy atom. The smallest absolute Gasteiger partial charge is 0.335 e. The van der Waals surface area contributed by atoms with Gasteiger partial charge in [-0.05, 0) is 40.2 Å². The molecule has 0 fully saturated rings. The highest BCUT2D eigenvalue weighted by molar-refractivity contribution is 9.10. The number of hydrogen-bond donors (Lipinski definition) is 1. The molecule has 1 aromatic carbocycles. The van der Waals surface area contributed by atoms with E-state index in [0.29, 0.717) is 18.1 Å². The van der Waals surface area contributed by atoms with E-state index in [1.165, 1.54) is 19.2 Å². The number of carboxylic acids is 1. The first-order valence-electron chi connectivity index (χ1n) is 5.37. The fourth-order valence-corrected chi connectivity index (χ4v) is 2.86. The molecule has 1 heterocycles. The average Bonchev–Trinajstić information content (AvgIpc) is 2.81. The molecule has 2 aromatic rings. The van der Waals surface area contributed by atoms with Gasteiger partial charge in [-0.15, -0.1) is 11.3 Å². The van der Waals surface area contributed by atoms with E-state index in [9.17, 15) is 4.79 Å². The Labute approximate surface area is 122 Å². The second-order valence-corrected chi connectivity index (χ2v) is 5.60. The van der Waals surface area contributed by atoms with Crippen molar-refractivity contribution in [2.45, 2.75) is 6.61 Å². The van der Waals surface area contributed by atoms with Gasteiger partial charge >= 0.3 is 5.97 Å². The van der Waals surface area contributed by atoms with Crippen LogP contribution in [0.5, 0.6) is 11.5 Å². The summed E-state index contributed by atoms with van der Waals surface area (Å²) >= 11 is 4.96. The highest BCUT2D eigenvalue weighted by Crippen LogP contribution is 2.30. The first kappa shape index (κ1) is 13.9. The number of hydrogen-bond acceptors (Lipinski definition) is 4. The van der Waals surface area contributed by atoms with Gasteiger partial charge in [0.1, 0.15) is 6.61 Å². The van der Waals surface area contributed by atoms with Crippen molar-refractivity contribution in [3.63, 3.8) is 0 Å². The molecule has 0 aliphatic rings. The van der Waals surface area contributed by atoms with Crippen LogP contribution in [0.25, 0.3) is 0 Å². The molecule has 6 heteroatoms. The molecule has 2 rings (SSSR count). The van der Waals surface area contributed by atoms with E-state index < -0.39 is 5.97 Å². The maximum Gasteiger partial charge on any atom is 0.335 e. The number of halogens is 1. The summed E-state index contributed by atoms with van der Waals surface area (Å²) in [6, 6.07) is 6.51. The topological polar surface area (TPSA) is 55.8 Å². The number of carbonyl (C=O) groups is 1. The van der Waals surface area contributed by atoms with Crippen LogP contribution < -0.4 is 9.47 Å². The lowest BCUT2D eigenvalue weighted by atomic mass is 10.2. The Balaban J connectivity index is 2.13. The Bertz CT molecular complexity index is 594. The first-order chi connectivity index (χ1) is 9.10. The molecule has 0 aliphatic heterocycles. The van der Waals surface area contributed by atoms with Gasteiger partial charge in [0.05, 0.1) is 12.7 Å². The maximum absolute atomic E-state index is 10.9. The Hall–Kier alpha value is -1.53. The molecule has 0 saturated heterocycles. The number of thiophene rings is 1. The summed E-state index contributed by atoms with van der Waals surface area (Å²) in [7, 11) is 1.48. The molecule has 0 saturated carbocycles. The van der Waals surface area contributed by atoms with Crippen molar-refractivity contribution in [2.24, 2.45) is 0 Å². The van der Waals surface area contributed by atoms with E-state index in [-0.39, 0.29) is 5.56 Å². The first-order valence-corrected chi connectivity index (χ1v) is 7.04. The highest BCUT2D eigenvalue weighted by atomic mass is 79.9. The van der Waals surface area contributed by atoms with Gasteiger partial charge in [-0.2, -0.15) is 0 Å². The number of methoxy groups -OCH3 is 1. The molecular formula is C13H11BrO4S. The van der Waals surface area contributed by atoms with Crippen molar-refractivity contribution in [3.8, 4) is 11.5 Å². The van der Waals surface area contributed by atoms with E-state index in [1.807, 2.05) is 11.4 Å². The van der Waals surface area contributed by atoms with Crippen LogP contribution in [0.1, 0.15) is 15.2 Å². The van der Waals surface area contributed by atoms with E-state index >= 15 is 0 Å². The molecule has 0 radical (unpaired) electrons. The van der Waals surface area contributed by atoms with Crippen molar-refractivity contribution in [1.29, 1.82) is 0 Å². The minimum atomic E-state index is -0.993. The highest BCUT2D eigenvalue weighted by Gasteiger charge is 2.10. The third-order valence-electron chi connectivity index (χ3n) is 2.40. The standard InChI is InChI=1S/C13H11BrO4S/c1-17-12-4-8(13(15)16)2-3-11(12)18-6-10-5-9(14)7-19-10/h2-5,7H,6H2,1H3,(H,15,16). The molecule has 100 valence electrons. The number of aromatic carboxylic acids is 1. The van der Waals surface area contributed by atoms with Crippen LogP contribution in [0.4, 0.5) is 0 Å². The third-order valence-corrected chi connectivity index (χ3v) is 4.07. The predicted molar refractivity (Wildman–Crippen MR) is 76.3 cm³/mol. The van der Waals surface area contributed by atoms with Gasteiger partial charge in [0, 0.05) is 14.7 Å². The number of carboxylic acid groups (broad SMARTS) is 1. The summed E-state index contributed by atoms with van der Waals surface area (Å²) < 4.78 is 11.8. The van der Waals surface area contributed by atoms with Crippen LogP contribution in [0.2, 0.25) is 0 Å². The van der Waals surface area contributed by atoms with Gasteiger partial charge in [0.25, 0.3) is 0 Å². The normalized spacial score (nSPS) is 10.2. The Morgan fingerprint density at radius 3 is 2.74 bits per heavy atom. The molecule has 1 aromatic heterocycles. The molecule has 0 unspecified atom stereocenters. The van der Waals surface area contributed by atoms with Crippen molar-refractivity contribution < 1.29 is 19.4 Å². The summed E-state index contributed by atoms with van der Waals surface area (Å²) in [4.78, 5) is 11.9. The van der Waals surface area contributed by atoms with Crippen molar-refractivity contribution in [2.75, 3.05) is 7.11 Å². The van der Waals surface area contributed by atoms with E-state index in [1.54, 1.807) is 17.4 Å². The Morgan fingerprint density at radius 2 is 2.16 bits per heavy atom. The van der Waals surface area contributed by atoms with Crippen LogP contribution in [0.15, 0.2) is 34.1 Å². The van der Waals surface area contributed by atoms with Gasteiger partial charge in [0.2, 0.25) is 0 Å². The van der Waals surface area contributed by atoms with Gasteiger partial charge in [-0.25, -0.2) is 4.79 Å². The van der Waals surface area contributed by atoms with Crippen LogP contribution in [-0.2, 0) is 6.61 Å². The summed E-state index contributed by atoms with van der Waals surface area (Å²) in [5, 5.41) is 10.9. The van der Waals surface area contributed by atoms with Crippen molar-refractivity contribution >= 4 is 33.2 Å². The van der Waals surface area contributed by atoms with Gasteiger partial charge < -0.3 is 14.6 Å². The molecule has 1 N–H and O–H groups in total. The number of benzene rings is 1. The minimum Gasteiger partial charge on any atom is -0.493 e. The lowest BCUT2D eigenvalue weighted by Gasteiger charge is -2.10. The lowest BCUT2D eigenvalue weighted by molar-refractivity contribution is 0.0696. The van der Waals surface area contributed by atoms with Crippen LogP contribution >= 0.6 is 27.3 Å². The second kappa shape index (κ2) is 6.08. The van der Waals surface area contributed by atoms with E-state index in [2.05, 4.69) is 15.9 Å². The van der Waals surface area contributed by atoms with Crippen LogP contribution in [0, 0.1) is 0 Å². The lowest BCUT2D eigenvalue weighted by Crippen LogP contribution is -2.00. The molecule has 0 bridgehead atoms. The van der Waals surface area contributed by atoms with Gasteiger partial charge in [-0.3, -0.25) is 0 Å². The molecule has 4 nitrogen and oxygen atoms in total.